The van der Waals surface area contributed by atoms with Crippen LogP contribution in [0.3, 0.4) is 0 Å². The monoisotopic (exact) mass is 455 g/mol. The maximum Gasteiger partial charge on any atom is 0.262 e. The quantitative estimate of drug-likeness (QED) is 0.421. The molecule has 1 aliphatic rings. The van der Waals surface area contributed by atoms with Gasteiger partial charge in [-0.05, 0) is 54.3 Å². The number of carbonyl (C=O) groups excluding carboxylic acids is 2. The normalized spacial score (nSPS) is 13.1. The number of methoxy groups -OCH3 is 1. The van der Waals surface area contributed by atoms with E-state index in [1.807, 2.05) is 26.8 Å². The number of fused-ring (bicyclic) bond motifs is 1. The lowest BCUT2D eigenvalue weighted by molar-refractivity contribution is -0.123. The Morgan fingerprint density at radius 2 is 1.91 bits per heavy atom. The SMILES string of the molecule is CCCOc1ccc(/C=N/NC(=O)C(NC(=O)c2ccc3c(c2)OCO3)C(C)C)cc1OC. The molecule has 2 amide bonds. The second-order valence-corrected chi connectivity index (χ2v) is 7.76. The first-order valence-corrected chi connectivity index (χ1v) is 10.8. The molecule has 9 heteroatoms. The molecule has 2 N–H and O–H groups in total. The van der Waals surface area contributed by atoms with Crippen molar-refractivity contribution in [3.8, 4) is 23.0 Å². The van der Waals surface area contributed by atoms with Crippen molar-refractivity contribution in [3.05, 3.63) is 47.5 Å². The van der Waals surface area contributed by atoms with Gasteiger partial charge in [0.1, 0.15) is 6.04 Å². The maximum absolute atomic E-state index is 12.7. The summed E-state index contributed by atoms with van der Waals surface area (Å²) < 4.78 is 21.6. The smallest absolute Gasteiger partial charge is 0.262 e. The predicted molar refractivity (Wildman–Crippen MR) is 123 cm³/mol. The number of rotatable bonds is 10. The van der Waals surface area contributed by atoms with Gasteiger partial charge in [0.25, 0.3) is 11.8 Å². The lowest BCUT2D eigenvalue weighted by Crippen LogP contribution is -2.48. The maximum atomic E-state index is 12.7. The molecule has 176 valence electrons. The van der Waals surface area contributed by atoms with Crippen LogP contribution in [0.25, 0.3) is 0 Å². The molecule has 1 unspecified atom stereocenters. The van der Waals surface area contributed by atoms with E-state index in [9.17, 15) is 9.59 Å². The van der Waals surface area contributed by atoms with Crippen molar-refractivity contribution in [2.24, 2.45) is 11.0 Å². The number of carbonyl (C=O) groups is 2. The Balaban J connectivity index is 1.62. The lowest BCUT2D eigenvalue weighted by Gasteiger charge is -2.20. The van der Waals surface area contributed by atoms with Crippen molar-refractivity contribution < 1.29 is 28.5 Å². The largest absolute Gasteiger partial charge is 0.493 e. The van der Waals surface area contributed by atoms with Crippen molar-refractivity contribution >= 4 is 18.0 Å². The number of nitrogens with one attached hydrogen (secondary N) is 2. The third-order valence-electron chi connectivity index (χ3n) is 4.91. The fraction of sp³-hybridized carbons (Fsp3) is 0.375. The van der Waals surface area contributed by atoms with E-state index in [1.165, 1.54) is 6.21 Å². The van der Waals surface area contributed by atoms with E-state index in [2.05, 4.69) is 15.8 Å². The molecule has 9 nitrogen and oxygen atoms in total. The van der Waals surface area contributed by atoms with Crippen LogP contribution < -0.4 is 29.7 Å². The molecular weight excluding hydrogens is 426 g/mol. The van der Waals surface area contributed by atoms with E-state index in [4.69, 9.17) is 18.9 Å². The Hall–Kier alpha value is -3.75. The second kappa shape index (κ2) is 11.2. The Kier molecular flexibility index (Phi) is 8.12. The van der Waals surface area contributed by atoms with Gasteiger partial charge in [-0.25, -0.2) is 5.43 Å². The fourth-order valence-corrected chi connectivity index (χ4v) is 3.13. The van der Waals surface area contributed by atoms with Gasteiger partial charge >= 0.3 is 0 Å². The third kappa shape index (κ3) is 6.15. The minimum Gasteiger partial charge on any atom is -0.493 e. The first kappa shape index (κ1) is 23.9. The van der Waals surface area contributed by atoms with Crippen LogP contribution in [-0.4, -0.2) is 44.6 Å². The summed E-state index contributed by atoms with van der Waals surface area (Å²) >= 11 is 0. The van der Waals surface area contributed by atoms with Crippen molar-refractivity contribution in [2.75, 3.05) is 20.5 Å². The van der Waals surface area contributed by atoms with Crippen LogP contribution in [0.2, 0.25) is 0 Å². The number of hydrazone groups is 1. The van der Waals surface area contributed by atoms with Crippen molar-refractivity contribution in [1.82, 2.24) is 10.7 Å². The molecule has 0 saturated carbocycles. The van der Waals surface area contributed by atoms with Crippen LogP contribution in [0, 0.1) is 5.92 Å². The van der Waals surface area contributed by atoms with Crippen LogP contribution in [0.15, 0.2) is 41.5 Å². The molecule has 1 heterocycles. The third-order valence-corrected chi connectivity index (χ3v) is 4.91. The van der Waals surface area contributed by atoms with Gasteiger partial charge in [0.15, 0.2) is 23.0 Å². The van der Waals surface area contributed by atoms with Gasteiger partial charge in [-0.1, -0.05) is 20.8 Å². The highest BCUT2D eigenvalue weighted by atomic mass is 16.7. The van der Waals surface area contributed by atoms with E-state index in [0.717, 1.165) is 12.0 Å². The van der Waals surface area contributed by atoms with E-state index < -0.39 is 17.9 Å². The van der Waals surface area contributed by atoms with E-state index in [0.29, 0.717) is 35.2 Å². The molecule has 0 aromatic heterocycles. The molecule has 1 aliphatic heterocycles. The lowest BCUT2D eigenvalue weighted by atomic mass is 10.0. The average Bonchev–Trinajstić information content (AvgIpc) is 3.29. The Bertz CT molecular complexity index is 1020. The number of benzene rings is 2. The number of hydrogen-bond acceptors (Lipinski definition) is 7. The molecule has 1 atom stereocenters. The summed E-state index contributed by atoms with van der Waals surface area (Å²) in [5.41, 5.74) is 3.59. The van der Waals surface area contributed by atoms with E-state index in [1.54, 1.807) is 37.4 Å². The zero-order valence-electron chi connectivity index (χ0n) is 19.2. The van der Waals surface area contributed by atoms with Crippen molar-refractivity contribution in [1.29, 1.82) is 0 Å². The molecule has 0 bridgehead atoms. The zero-order valence-corrected chi connectivity index (χ0v) is 19.2. The first-order valence-electron chi connectivity index (χ1n) is 10.8. The molecule has 2 aromatic carbocycles. The topological polar surface area (TPSA) is 107 Å². The fourth-order valence-electron chi connectivity index (χ4n) is 3.13. The minimum absolute atomic E-state index is 0.121. The Labute approximate surface area is 193 Å². The Morgan fingerprint density at radius 3 is 2.64 bits per heavy atom. The summed E-state index contributed by atoms with van der Waals surface area (Å²) in [7, 11) is 1.56. The summed E-state index contributed by atoms with van der Waals surface area (Å²) in [6, 6.07) is 9.47. The molecule has 0 fully saturated rings. The zero-order chi connectivity index (χ0) is 23.8. The summed E-state index contributed by atoms with van der Waals surface area (Å²) in [6.45, 7) is 6.42. The standard InChI is InChI=1S/C24H29N3O6/c1-5-10-31-18-8-6-16(11-20(18)30-4)13-25-27-24(29)22(15(2)3)26-23(28)17-7-9-19-21(12-17)33-14-32-19/h6-9,11-13,15,22H,5,10,14H2,1-4H3,(H,26,28)(H,27,29)/b25-13+. The molecule has 0 radical (unpaired) electrons. The van der Waals surface area contributed by atoms with Gasteiger partial charge < -0.3 is 24.3 Å². The first-order chi connectivity index (χ1) is 15.9. The van der Waals surface area contributed by atoms with Crippen molar-refractivity contribution in [2.45, 2.75) is 33.2 Å². The number of ether oxygens (including phenoxy) is 4. The van der Waals surface area contributed by atoms with E-state index in [-0.39, 0.29) is 12.7 Å². The van der Waals surface area contributed by atoms with Crippen LogP contribution >= 0.6 is 0 Å². The van der Waals surface area contributed by atoms with Gasteiger partial charge in [0.05, 0.1) is 19.9 Å². The van der Waals surface area contributed by atoms with Crippen LogP contribution in [0.4, 0.5) is 0 Å². The van der Waals surface area contributed by atoms with Gasteiger partial charge in [-0.15, -0.1) is 0 Å². The van der Waals surface area contributed by atoms with Gasteiger partial charge in [-0.2, -0.15) is 5.10 Å². The Morgan fingerprint density at radius 1 is 1.12 bits per heavy atom. The number of hydrogen-bond donors (Lipinski definition) is 2. The summed E-state index contributed by atoms with van der Waals surface area (Å²) in [6.07, 6.45) is 2.39. The summed E-state index contributed by atoms with van der Waals surface area (Å²) in [5, 5.41) is 6.79. The molecule has 33 heavy (non-hydrogen) atoms. The molecule has 0 spiro atoms. The molecule has 0 aliphatic carbocycles. The molecular formula is C24H29N3O6. The highest BCUT2D eigenvalue weighted by molar-refractivity contribution is 5.98. The highest BCUT2D eigenvalue weighted by Crippen LogP contribution is 2.32. The van der Waals surface area contributed by atoms with Crippen molar-refractivity contribution in [3.63, 3.8) is 0 Å². The van der Waals surface area contributed by atoms with Gasteiger partial charge in [0.2, 0.25) is 6.79 Å². The second-order valence-electron chi connectivity index (χ2n) is 7.76. The minimum atomic E-state index is -0.778. The van der Waals surface area contributed by atoms with Gasteiger partial charge in [-0.3, -0.25) is 9.59 Å². The van der Waals surface area contributed by atoms with Crippen LogP contribution in [0.5, 0.6) is 23.0 Å². The number of nitrogens with zero attached hydrogens (tertiary/aromatic N) is 1. The predicted octanol–water partition coefficient (Wildman–Crippen LogP) is 3.12. The summed E-state index contributed by atoms with van der Waals surface area (Å²) in [4.78, 5) is 25.4. The van der Waals surface area contributed by atoms with E-state index >= 15 is 0 Å². The molecule has 0 saturated heterocycles. The molecule has 2 aromatic rings. The van der Waals surface area contributed by atoms with Gasteiger partial charge in [0, 0.05) is 5.56 Å². The van der Waals surface area contributed by atoms with Crippen LogP contribution in [-0.2, 0) is 4.79 Å². The highest BCUT2D eigenvalue weighted by Gasteiger charge is 2.25. The average molecular weight is 456 g/mol. The summed E-state index contributed by atoms with van der Waals surface area (Å²) in [5.74, 6) is 1.33. The number of amides is 2. The van der Waals surface area contributed by atoms with Crippen LogP contribution in [0.1, 0.15) is 43.1 Å². The molecule has 3 rings (SSSR count).